The summed E-state index contributed by atoms with van der Waals surface area (Å²) < 4.78 is 7.89. The number of aliphatic hydroxyl groups excluding tert-OH is 1. The number of rotatable bonds is 1. The Balaban J connectivity index is 1.25. The summed E-state index contributed by atoms with van der Waals surface area (Å²) in [6.45, 7) is 7.14. The van der Waals surface area contributed by atoms with Gasteiger partial charge in [0.1, 0.15) is 5.60 Å². The Morgan fingerprint density at radius 1 is 1.19 bits per heavy atom. The molecule has 1 aromatic carbocycles. The van der Waals surface area contributed by atoms with Crippen LogP contribution in [-0.2, 0) is 4.74 Å². The van der Waals surface area contributed by atoms with Gasteiger partial charge in [0, 0.05) is 30.0 Å². The predicted molar refractivity (Wildman–Crippen MR) is 116 cm³/mol. The number of amides is 1. The van der Waals surface area contributed by atoms with E-state index in [0.717, 1.165) is 25.0 Å². The van der Waals surface area contributed by atoms with E-state index in [2.05, 4.69) is 33.8 Å². The molecule has 1 saturated heterocycles. The number of imidazole rings is 1. The van der Waals surface area contributed by atoms with Crippen molar-refractivity contribution in [3.8, 4) is 11.3 Å². The van der Waals surface area contributed by atoms with Crippen LogP contribution in [0.15, 0.2) is 36.8 Å². The number of piperidine rings is 1. The van der Waals surface area contributed by atoms with Crippen LogP contribution in [0.2, 0.25) is 0 Å². The minimum Gasteiger partial charge on any atom is -0.444 e. The summed E-state index contributed by atoms with van der Waals surface area (Å²) in [7, 11) is 0. The molecule has 1 aromatic heterocycles. The Labute approximate surface area is 183 Å². The van der Waals surface area contributed by atoms with Crippen LogP contribution in [0.1, 0.15) is 51.6 Å². The van der Waals surface area contributed by atoms with Gasteiger partial charge in [0.15, 0.2) is 0 Å². The minimum atomic E-state index is -0.481. The van der Waals surface area contributed by atoms with E-state index in [0.29, 0.717) is 24.9 Å². The van der Waals surface area contributed by atoms with Gasteiger partial charge in [-0.3, -0.25) is 0 Å². The molecule has 1 spiro atoms. The number of carbonyl (C=O) groups excluding carboxylic acids is 1. The van der Waals surface area contributed by atoms with Gasteiger partial charge in [0.2, 0.25) is 0 Å². The highest BCUT2D eigenvalue weighted by Gasteiger charge is 2.67. The van der Waals surface area contributed by atoms with Crippen LogP contribution in [0.4, 0.5) is 4.79 Å². The normalized spacial score (nSPS) is 35.6. The van der Waals surface area contributed by atoms with Gasteiger partial charge in [-0.05, 0) is 57.4 Å². The largest absolute Gasteiger partial charge is 0.444 e. The first-order valence-electron chi connectivity index (χ1n) is 11.6. The van der Waals surface area contributed by atoms with E-state index in [1.54, 1.807) is 0 Å². The Hall–Kier alpha value is -2.34. The van der Waals surface area contributed by atoms with Crippen molar-refractivity contribution in [3.05, 3.63) is 42.4 Å². The summed E-state index contributed by atoms with van der Waals surface area (Å²) in [5, 5.41) is 11.7. The van der Waals surface area contributed by atoms with Gasteiger partial charge in [0.05, 0.1) is 30.4 Å². The van der Waals surface area contributed by atoms with Gasteiger partial charge >= 0.3 is 6.09 Å². The highest BCUT2D eigenvalue weighted by molar-refractivity contribution is 5.70. The van der Waals surface area contributed by atoms with Crippen molar-refractivity contribution < 1.29 is 14.6 Å². The van der Waals surface area contributed by atoms with E-state index >= 15 is 0 Å². The summed E-state index contributed by atoms with van der Waals surface area (Å²) in [5.74, 6) is 0.889. The zero-order valence-electron chi connectivity index (χ0n) is 18.5. The second kappa shape index (κ2) is 6.35. The van der Waals surface area contributed by atoms with Crippen LogP contribution in [0, 0.1) is 23.2 Å². The molecule has 2 aliphatic carbocycles. The monoisotopic (exact) mass is 421 g/mol. The molecule has 4 aliphatic rings. The molecule has 6 rings (SSSR count). The van der Waals surface area contributed by atoms with Gasteiger partial charge in [-0.1, -0.05) is 24.3 Å². The maximum absolute atomic E-state index is 12.7. The first-order valence-corrected chi connectivity index (χ1v) is 11.6. The van der Waals surface area contributed by atoms with Crippen molar-refractivity contribution >= 4 is 6.09 Å². The quantitative estimate of drug-likeness (QED) is 0.753. The summed E-state index contributed by atoms with van der Waals surface area (Å²) >= 11 is 0. The fourth-order valence-corrected chi connectivity index (χ4v) is 7.17. The topological polar surface area (TPSA) is 67.6 Å². The van der Waals surface area contributed by atoms with Gasteiger partial charge in [-0.2, -0.15) is 0 Å². The molecular formula is C25H31N3O3. The lowest BCUT2D eigenvalue weighted by Gasteiger charge is -2.61. The zero-order chi connectivity index (χ0) is 21.5. The number of benzene rings is 1. The van der Waals surface area contributed by atoms with Crippen LogP contribution >= 0.6 is 0 Å². The minimum absolute atomic E-state index is 0.0541. The van der Waals surface area contributed by atoms with Crippen molar-refractivity contribution in [2.24, 2.45) is 23.2 Å². The van der Waals surface area contributed by atoms with E-state index in [1.807, 2.05) is 38.2 Å². The van der Waals surface area contributed by atoms with Crippen LogP contribution < -0.4 is 0 Å². The van der Waals surface area contributed by atoms with Gasteiger partial charge in [0.25, 0.3) is 0 Å². The third-order valence-corrected chi connectivity index (χ3v) is 8.39. The molecule has 3 fully saturated rings. The highest BCUT2D eigenvalue weighted by atomic mass is 16.6. The number of aliphatic hydroxyl groups is 1. The Morgan fingerprint density at radius 3 is 2.58 bits per heavy atom. The average Bonchev–Trinajstić information content (AvgIpc) is 3.35. The molecule has 2 unspecified atom stereocenters. The van der Waals surface area contributed by atoms with E-state index in [-0.39, 0.29) is 29.6 Å². The molecule has 3 heterocycles. The highest BCUT2D eigenvalue weighted by Crippen LogP contribution is 2.67. The van der Waals surface area contributed by atoms with Gasteiger partial charge in [-0.15, -0.1) is 0 Å². The first kappa shape index (κ1) is 19.4. The molecule has 1 N–H and O–H groups in total. The molecule has 5 atom stereocenters. The van der Waals surface area contributed by atoms with E-state index in [9.17, 15) is 9.90 Å². The standard InChI is InChI=1S/C25H31N3O3/c1-24(2,3)31-23(30)27-12-15-8-9-16(13-27)25(15)10-19(22(25)29)21-18-7-5-4-6-17(18)20-11-26-14-28(20)21/h4-7,11,14-16,19,21-22,29H,8-10,12-13H2,1-3H3/t15?,16?,19-,21+,22-,25?/m1/s1. The average molecular weight is 422 g/mol. The van der Waals surface area contributed by atoms with Crippen molar-refractivity contribution in [2.75, 3.05) is 13.1 Å². The Kier molecular flexibility index (Phi) is 3.96. The zero-order valence-corrected chi connectivity index (χ0v) is 18.5. The fraction of sp³-hybridized carbons (Fsp3) is 0.600. The summed E-state index contributed by atoms with van der Waals surface area (Å²) in [5.41, 5.74) is 3.15. The SMILES string of the molecule is CC(C)(C)OC(=O)N1CC2CCC(C1)C21C[C@H]([C@@H]2c3ccccc3-c3cncn32)[C@H]1O. The summed E-state index contributed by atoms with van der Waals surface area (Å²) in [6, 6.07) is 8.67. The Morgan fingerprint density at radius 2 is 1.90 bits per heavy atom. The van der Waals surface area contributed by atoms with E-state index in [1.165, 1.54) is 11.1 Å². The number of likely N-dealkylation sites (tertiary alicyclic amines) is 1. The number of hydrogen-bond acceptors (Lipinski definition) is 4. The van der Waals surface area contributed by atoms with Crippen molar-refractivity contribution in [1.82, 2.24) is 14.5 Å². The number of aromatic nitrogens is 2. The maximum atomic E-state index is 12.7. The molecule has 6 nitrogen and oxygen atoms in total. The van der Waals surface area contributed by atoms with Crippen LogP contribution in [-0.4, -0.2) is 50.4 Å². The summed E-state index contributed by atoms with van der Waals surface area (Å²) in [6.07, 6.45) is 6.48. The van der Waals surface area contributed by atoms with Crippen molar-refractivity contribution in [3.63, 3.8) is 0 Å². The molecule has 0 radical (unpaired) electrons. The lowest BCUT2D eigenvalue weighted by Crippen LogP contribution is -2.65. The van der Waals surface area contributed by atoms with Crippen LogP contribution in [0.3, 0.4) is 0 Å². The van der Waals surface area contributed by atoms with E-state index in [4.69, 9.17) is 4.74 Å². The maximum Gasteiger partial charge on any atom is 0.410 e. The van der Waals surface area contributed by atoms with Crippen LogP contribution in [0.25, 0.3) is 11.3 Å². The third-order valence-electron chi connectivity index (χ3n) is 8.39. The second-order valence-electron chi connectivity index (χ2n) is 11.0. The molecule has 164 valence electrons. The molecule has 2 aromatic rings. The number of hydrogen-bond donors (Lipinski definition) is 1. The smallest absolute Gasteiger partial charge is 0.410 e. The van der Waals surface area contributed by atoms with Crippen molar-refractivity contribution in [2.45, 2.75) is 57.8 Å². The molecule has 1 amide bonds. The van der Waals surface area contributed by atoms with Crippen molar-refractivity contribution in [1.29, 1.82) is 0 Å². The van der Waals surface area contributed by atoms with E-state index < -0.39 is 5.60 Å². The number of nitrogens with zero attached hydrogens (tertiary/aromatic N) is 3. The summed E-state index contributed by atoms with van der Waals surface area (Å²) in [4.78, 5) is 19.0. The lowest BCUT2D eigenvalue weighted by atomic mass is 9.48. The molecule has 2 aliphatic heterocycles. The second-order valence-corrected chi connectivity index (χ2v) is 11.0. The Bertz CT molecular complexity index is 1020. The number of ether oxygens (including phenoxy) is 1. The van der Waals surface area contributed by atoms with Gasteiger partial charge in [-0.25, -0.2) is 9.78 Å². The molecular weight excluding hydrogens is 390 g/mol. The molecule has 6 heteroatoms. The predicted octanol–water partition coefficient (Wildman–Crippen LogP) is 4.10. The van der Waals surface area contributed by atoms with Crippen LogP contribution in [0.5, 0.6) is 0 Å². The third kappa shape index (κ3) is 2.60. The molecule has 31 heavy (non-hydrogen) atoms. The first-order chi connectivity index (χ1) is 14.8. The fourth-order valence-electron chi connectivity index (χ4n) is 7.17. The number of carbonyl (C=O) groups is 1. The lowest BCUT2D eigenvalue weighted by molar-refractivity contribution is -0.194. The molecule has 2 saturated carbocycles. The number of fused-ring (bicyclic) bond motifs is 3. The van der Waals surface area contributed by atoms with Gasteiger partial charge < -0.3 is 19.3 Å². The molecule has 2 bridgehead atoms.